The second-order valence-electron chi connectivity index (χ2n) is 3.80. The fraction of sp³-hybridized carbons (Fsp3) is 0.400. The fourth-order valence-electron chi connectivity index (χ4n) is 1.39. The monoisotopic (exact) mass is 226 g/mol. The quantitative estimate of drug-likeness (QED) is 0.830. The van der Waals surface area contributed by atoms with Gasteiger partial charge in [-0.1, -0.05) is 18.5 Å². The Bertz CT molecular complexity index is 408. The third kappa shape index (κ3) is 2.21. The van der Waals surface area contributed by atoms with Crippen molar-refractivity contribution >= 4 is 23.4 Å². The molecule has 2 rings (SSSR count). The highest BCUT2D eigenvalue weighted by Crippen LogP contribution is 2.32. The van der Waals surface area contributed by atoms with E-state index in [1.54, 1.807) is 12.1 Å². The molecular formula is C10H11ClN2O2. The van der Waals surface area contributed by atoms with Gasteiger partial charge in [-0.15, -0.1) is 0 Å². The minimum atomic E-state index is -1.10. The van der Waals surface area contributed by atoms with Gasteiger partial charge in [-0.05, 0) is 24.5 Å². The van der Waals surface area contributed by atoms with E-state index in [1.807, 2.05) is 0 Å². The number of carbonyl (C=O) groups is 1. The number of carboxylic acid groups (broad SMARTS) is 1. The van der Waals surface area contributed by atoms with E-state index in [2.05, 4.69) is 17.2 Å². The first kappa shape index (κ1) is 10.2. The zero-order valence-corrected chi connectivity index (χ0v) is 8.95. The Morgan fingerprint density at radius 1 is 1.67 bits per heavy atom. The van der Waals surface area contributed by atoms with Crippen molar-refractivity contribution in [2.45, 2.75) is 19.4 Å². The van der Waals surface area contributed by atoms with Gasteiger partial charge in [0, 0.05) is 6.04 Å². The topological polar surface area (TPSA) is 62.2 Å². The molecular weight excluding hydrogens is 216 g/mol. The van der Waals surface area contributed by atoms with Crippen LogP contribution in [0.3, 0.4) is 0 Å². The van der Waals surface area contributed by atoms with E-state index in [9.17, 15) is 4.79 Å². The minimum absolute atomic E-state index is 0.102. The summed E-state index contributed by atoms with van der Waals surface area (Å²) in [7, 11) is 0. The summed E-state index contributed by atoms with van der Waals surface area (Å²) < 4.78 is 0. The van der Waals surface area contributed by atoms with Crippen molar-refractivity contribution in [2.24, 2.45) is 5.92 Å². The van der Waals surface area contributed by atoms with Crippen LogP contribution in [0.25, 0.3) is 0 Å². The van der Waals surface area contributed by atoms with Crippen LogP contribution in [0, 0.1) is 5.92 Å². The Morgan fingerprint density at radius 2 is 2.33 bits per heavy atom. The zero-order chi connectivity index (χ0) is 11.0. The first-order valence-corrected chi connectivity index (χ1v) is 5.12. The summed E-state index contributed by atoms with van der Waals surface area (Å²) in [4.78, 5) is 14.7. The van der Waals surface area contributed by atoms with Gasteiger partial charge in [0.2, 0.25) is 0 Å². The smallest absolute Gasteiger partial charge is 0.356 e. The first-order valence-electron chi connectivity index (χ1n) is 4.74. The van der Waals surface area contributed by atoms with Gasteiger partial charge in [0.25, 0.3) is 0 Å². The van der Waals surface area contributed by atoms with Crippen LogP contribution in [0.5, 0.6) is 0 Å². The van der Waals surface area contributed by atoms with Gasteiger partial charge < -0.3 is 10.4 Å². The Labute approximate surface area is 92.3 Å². The van der Waals surface area contributed by atoms with Crippen molar-refractivity contribution in [2.75, 3.05) is 5.32 Å². The normalized spacial score (nSPS) is 23.6. The molecule has 0 bridgehead atoms. The van der Waals surface area contributed by atoms with E-state index in [0.29, 0.717) is 17.8 Å². The van der Waals surface area contributed by atoms with E-state index in [4.69, 9.17) is 16.7 Å². The van der Waals surface area contributed by atoms with Crippen LogP contribution in [-0.4, -0.2) is 22.1 Å². The van der Waals surface area contributed by atoms with E-state index in [-0.39, 0.29) is 10.7 Å². The summed E-state index contributed by atoms with van der Waals surface area (Å²) in [6.45, 7) is 2.13. The van der Waals surface area contributed by atoms with Crippen molar-refractivity contribution in [3.05, 3.63) is 22.8 Å². The Balaban J connectivity index is 2.18. The van der Waals surface area contributed by atoms with Crippen LogP contribution in [0.15, 0.2) is 12.1 Å². The molecule has 1 aliphatic rings. The average molecular weight is 227 g/mol. The van der Waals surface area contributed by atoms with E-state index in [1.165, 1.54) is 0 Å². The molecule has 80 valence electrons. The van der Waals surface area contributed by atoms with Gasteiger partial charge >= 0.3 is 5.97 Å². The lowest BCUT2D eigenvalue weighted by Gasteiger charge is -2.05. The lowest BCUT2D eigenvalue weighted by atomic mass is 10.3. The van der Waals surface area contributed by atoms with Crippen molar-refractivity contribution in [3.63, 3.8) is 0 Å². The maximum Gasteiger partial charge on any atom is 0.356 e. The average Bonchev–Trinajstić information content (AvgIpc) is 2.85. The van der Waals surface area contributed by atoms with Crippen molar-refractivity contribution in [1.82, 2.24) is 4.98 Å². The van der Waals surface area contributed by atoms with Gasteiger partial charge in [0.1, 0.15) is 5.82 Å². The molecule has 0 spiro atoms. The highest BCUT2D eigenvalue weighted by atomic mass is 35.5. The molecule has 1 aromatic rings. The lowest BCUT2D eigenvalue weighted by molar-refractivity contribution is 0.0691. The number of pyridine rings is 1. The molecule has 0 radical (unpaired) electrons. The van der Waals surface area contributed by atoms with Crippen LogP contribution in [0.1, 0.15) is 23.8 Å². The minimum Gasteiger partial charge on any atom is -0.476 e. The molecule has 0 aromatic carbocycles. The summed E-state index contributed by atoms with van der Waals surface area (Å²) in [6, 6.07) is 3.66. The lowest BCUT2D eigenvalue weighted by Crippen LogP contribution is -2.09. The van der Waals surface area contributed by atoms with Crippen LogP contribution in [0.2, 0.25) is 5.02 Å². The second kappa shape index (κ2) is 3.70. The highest BCUT2D eigenvalue weighted by Gasteiger charge is 2.32. The number of hydrogen-bond donors (Lipinski definition) is 2. The van der Waals surface area contributed by atoms with E-state index < -0.39 is 5.97 Å². The highest BCUT2D eigenvalue weighted by molar-refractivity contribution is 6.33. The molecule has 2 unspecified atom stereocenters. The maximum absolute atomic E-state index is 10.8. The van der Waals surface area contributed by atoms with E-state index >= 15 is 0 Å². The van der Waals surface area contributed by atoms with Gasteiger partial charge in [-0.2, -0.15) is 0 Å². The zero-order valence-electron chi connectivity index (χ0n) is 8.20. The molecule has 1 heterocycles. The molecule has 0 aliphatic heterocycles. The number of aromatic nitrogens is 1. The van der Waals surface area contributed by atoms with Crippen molar-refractivity contribution in [1.29, 1.82) is 0 Å². The van der Waals surface area contributed by atoms with Crippen LogP contribution >= 0.6 is 11.6 Å². The summed E-state index contributed by atoms with van der Waals surface area (Å²) in [6.07, 6.45) is 1.10. The number of hydrogen-bond acceptors (Lipinski definition) is 3. The standard InChI is InChI=1S/C10H11ClN2O2/c1-5-4-7(5)12-8-3-2-6(11)9(13-8)10(14)15/h2-3,5,7H,4H2,1H3,(H,12,13)(H,14,15). The number of halogens is 1. The number of aromatic carboxylic acids is 1. The molecule has 1 fully saturated rings. The predicted molar refractivity (Wildman–Crippen MR) is 57.4 cm³/mol. The number of anilines is 1. The molecule has 15 heavy (non-hydrogen) atoms. The Hall–Kier alpha value is -1.29. The Morgan fingerprint density at radius 3 is 2.87 bits per heavy atom. The summed E-state index contributed by atoms with van der Waals surface area (Å²) in [5, 5.41) is 12.1. The molecule has 2 N–H and O–H groups in total. The van der Waals surface area contributed by atoms with Crippen molar-refractivity contribution in [3.8, 4) is 0 Å². The molecule has 0 amide bonds. The van der Waals surface area contributed by atoms with Gasteiger partial charge in [0.15, 0.2) is 5.69 Å². The maximum atomic E-state index is 10.8. The summed E-state index contributed by atoms with van der Waals surface area (Å²) in [5.41, 5.74) is -0.102. The predicted octanol–water partition coefficient (Wildman–Crippen LogP) is 2.25. The number of nitrogens with zero attached hydrogens (tertiary/aromatic N) is 1. The van der Waals surface area contributed by atoms with Gasteiger partial charge in [-0.3, -0.25) is 0 Å². The summed E-state index contributed by atoms with van der Waals surface area (Å²) >= 11 is 5.70. The molecule has 1 saturated carbocycles. The third-order valence-corrected chi connectivity index (χ3v) is 2.80. The number of rotatable bonds is 3. The molecule has 4 nitrogen and oxygen atoms in total. The van der Waals surface area contributed by atoms with Gasteiger partial charge in [0.05, 0.1) is 5.02 Å². The third-order valence-electron chi connectivity index (χ3n) is 2.49. The molecule has 2 atom stereocenters. The van der Waals surface area contributed by atoms with Crippen LogP contribution in [-0.2, 0) is 0 Å². The Kier molecular flexibility index (Phi) is 2.52. The largest absolute Gasteiger partial charge is 0.476 e. The molecule has 5 heteroatoms. The fourth-order valence-corrected chi connectivity index (χ4v) is 1.57. The van der Waals surface area contributed by atoms with E-state index in [0.717, 1.165) is 6.42 Å². The number of nitrogens with one attached hydrogen (secondary N) is 1. The van der Waals surface area contributed by atoms with Gasteiger partial charge in [-0.25, -0.2) is 9.78 Å². The van der Waals surface area contributed by atoms with Crippen molar-refractivity contribution < 1.29 is 9.90 Å². The molecule has 1 aromatic heterocycles. The first-order chi connectivity index (χ1) is 7.08. The van der Waals surface area contributed by atoms with Crippen LogP contribution < -0.4 is 5.32 Å². The molecule has 1 aliphatic carbocycles. The SMILES string of the molecule is CC1CC1Nc1ccc(Cl)c(C(=O)O)n1. The number of carboxylic acids is 1. The summed E-state index contributed by atoms with van der Waals surface area (Å²) in [5.74, 6) is 0.106. The molecule has 0 saturated heterocycles. The van der Waals surface area contributed by atoms with Crippen LogP contribution in [0.4, 0.5) is 5.82 Å². The second-order valence-corrected chi connectivity index (χ2v) is 4.20.